The first-order valence-electron chi connectivity index (χ1n) is 7.73. The first-order valence-corrected chi connectivity index (χ1v) is 10.4. The lowest BCUT2D eigenvalue weighted by molar-refractivity contribution is -0.124. The van der Waals surface area contributed by atoms with Crippen LogP contribution in [0.4, 0.5) is 0 Å². The third kappa shape index (κ3) is 5.83. The van der Waals surface area contributed by atoms with Crippen molar-refractivity contribution in [3.8, 4) is 0 Å². The number of esters is 1. The van der Waals surface area contributed by atoms with E-state index >= 15 is 0 Å². The Hall–Kier alpha value is -1.84. The lowest BCUT2D eigenvalue weighted by atomic mass is 10.1. The monoisotopic (exact) mass is 464 g/mol. The van der Waals surface area contributed by atoms with Gasteiger partial charge in [-0.15, -0.1) is 0 Å². The smallest absolute Gasteiger partial charge is 0.340 e. The van der Waals surface area contributed by atoms with Crippen LogP contribution >= 0.6 is 34.8 Å². The SMILES string of the molecule is CC(NC(=O)COC(=O)c1cc(S(N)(=O)=O)ccc1Cl)c1ccc(Cl)c(Cl)c1. The van der Waals surface area contributed by atoms with E-state index < -0.39 is 34.5 Å². The van der Waals surface area contributed by atoms with E-state index in [1.807, 2.05) is 0 Å². The van der Waals surface area contributed by atoms with E-state index in [1.165, 1.54) is 6.07 Å². The zero-order chi connectivity index (χ0) is 21.1. The van der Waals surface area contributed by atoms with Crippen LogP contribution < -0.4 is 10.5 Å². The molecule has 3 N–H and O–H groups in total. The molecule has 0 spiro atoms. The maximum Gasteiger partial charge on any atom is 0.340 e. The summed E-state index contributed by atoms with van der Waals surface area (Å²) in [6.45, 7) is 1.12. The third-order valence-electron chi connectivity index (χ3n) is 3.64. The van der Waals surface area contributed by atoms with Gasteiger partial charge in [0.1, 0.15) is 0 Å². The molecule has 28 heavy (non-hydrogen) atoms. The molecular weight excluding hydrogens is 451 g/mol. The number of primary sulfonamides is 1. The van der Waals surface area contributed by atoms with Crippen LogP contribution in [0.25, 0.3) is 0 Å². The van der Waals surface area contributed by atoms with Gasteiger partial charge in [0.2, 0.25) is 10.0 Å². The first kappa shape index (κ1) is 22.4. The fraction of sp³-hybridized carbons (Fsp3) is 0.176. The maximum absolute atomic E-state index is 12.1. The topological polar surface area (TPSA) is 116 Å². The highest BCUT2D eigenvalue weighted by molar-refractivity contribution is 7.89. The van der Waals surface area contributed by atoms with E-state index in [4.69, 9.17) is 44.7 Å². The molecule has 0 bridgehead atoms. The average Bonchev–Trinajstić information content (AvgIpc) is 2.61. The molecule has 0 fully saturated rings. The Bertz CT molecular complexity index is 1030. The molecule has 1 amide bonds. The van der Waals surface area contributed by atoms with Crippen molar-refractivity contribution in [2.75, 3.05) is 6.61 Å². The highest BCUT2D eigenvalue weighted by Gasteiger charge is 2.19. The lowest BCUT2D eigenvalue weighted by Gasteiger charge is -2.15. The molecule has 11 heteroatoms. The molecule has 0 heterocycles. The number of rotatable bonds is 6. The molecule has 2 aromatic rings. The normalized spacial score (nSPS) is 12.3. The van der Waals surface area contributed by atoms with Gasteiger partial charge in [-0.25, -0.2) is 18.4 Å². The van der Waals surface area contributed by atoms with Crippen molar-refractivity contribution >= 4 is 56.7 Å². The van der Waals surface area contributed by atoms with E-state index in [0.717, 1.165) is 12.1 Å². The van der Waals surface area contributed by atoms with Crippen LogP contribution in [0.5, 0.6) is 0 Å². The van der Waals surface area contributed by atoms with Crippen LogP contribution in [-0.2, 0) is 19.6 Å². The highest BCUT2D eigenvalue weighted by atomic mass is 35.5. The van der Waals surface area contributed by atoms with Gasteiger partial charge < -0.3 is 10.1 Å². The second-order valence-electron chi connectivity index (χ2n) is 5.73. The highest BCUT2D eigenvalue weighted by Crippen LogP contribution is 2.25. The summed E-state index contributed by atoms with van der Waals surface area (Å²) in [6, 6.07) is 7.82. The van der Waals surface area contributed by atoms with E-state index in [1.54, 1.807) is 25.1 Å². The van der Waals surface area contributed by atoms with Crippen LogP contribution in [0, 0.1) is 0 Å². The summed E-state index contributed by atoms with van der Waals surface area (Å²) in [5, 5.41) is 8.35. The molecule has 1 atom stereocenters. The fourth-order valence-electron chi connectivity index (χ4n) is 2.19. The number of ether oxygens (including phenoxy) is 1. The van der Waals surface area contributed by atoms with Crippen molar-refractivity contribution in [1.29, 1.82) is 0 Å². The quantitative estimate of drug-likeness (QED) is 0.635. The van der Waals surface area contributed by atoms with Gasteiger partial charge in [0.15, 0.2) is 6.61 Å². The number of benzene rings is 2. The van der Waals surface area contributed by atoms with Gasteiger partial charge in [-0.05, 0) is 42.8 Å². The number of nitrogens with two attached hydrogens (primary N) is 1. The molecular formula is C17H15Cl3N2O5S. The molecule has 0 saturated heterocycles. The Kier molecular flexibility index (Phi) is 7.30. The summed E-state index contributed by atoms with van der Waals surface area (Å²) < 4.78 is 27.7. The van der Waals surface area contributed by atoms with Crippen molar-refractivity contribution < 1.29 is 22.7 Å². The number of carbonyl (C=O) groups excluding carboxylic acids is 2. The van der Waals surface area contributed by atoms with Crippen molar-refractivity contribution in [1.82, 2.24) is 5.32 Å². The van der Waals surface area contributed by atoms with Crippen LogP contribution in [0.2, 0.25) is 15.1 Å². The summed E-state index contributed by atoms with van der Waals surface area (Å²) in [5.74, 6) is -1.54. The van der Waals surface area contributed by atoms with Gasteiger partial charge >= 0.3 is 5.97 Å². The minimum atomic E-state index is -4.03. The van der Waals surface area contributed by atoms with Gasteiger partial charge in [-0.2, -0.15) is 0 Å². The molecule has 0 aliphatic carbocycles. The average molecular weight is 466 g/mol. The molecule has 0 aromatic heterocycles. The molecule has 1 unspecified atom stereocenters. The fourth-order valence-corrected chi connectivity index (χ4v) is 3.24. The number of amides is 1. The number of nitrogens with one attached hydrogen (secondary N) is 1. The Balaban J connectivity index is 2.00. The number of carbonyl (C=O) groups is 2. The van der Waals surface area contributed by atoms with E-state index in [-0.39, 0.29) is 15.5 Å². The molecule has 0 saturated carbocycles. The van der Waals surface area contributed by atoms with Crippen molar-refractivity contribution in [2.45, 2.75) is 17.9 Å². The number of hydrogen-bond acceptors (Lipinski definition) is 5. The second-order valence-corrected chi connectivity index (χ2v) is 8.51. The predicted molar refractivity (Wildman–Crippen MR) is 106 cm³/mol. The van der Waals surface area contributed by atoms with Crippen molar-refractivity contribution in [3.63, 3.8) is 0 Å². The lowest BCUT2D eigenvalue weighted by Crippen LogP contribution is -2.31. The minimum absolute atomic E-state index is 0.0398. The van der Waals surface area contributed by atoms with Gasteiger partial charge in [0.25, 0.3) is 5.91 Å². The summed E-state index contributed by atoms with van der Waals surface area (Å²) in [7, 11) is -4.03. The van der Waals surface area contributed by atoms with Crippen molar-refractivity contribution in [2.24, 2.45) is 5.14 Å². The molecule has 2 aromatic carbocycles. The maximum atomic E-state index is 12.1. The Morgan fingerprint density at radius 2 is 1.71 bits per heavy atom. The zero-order valence-corrected chi connectivity index (χ0v) is 17.5. The summed E-state index contributed by atoms with van der Waals surface area (Å²) in [5.41, 5.74) is 0.483. The van der Waals surface area contributed by atoms with E-state index in [2.05, 4.69) is 5.32 Å². The van der Waals surface area contributed by atoms with Crippen molar-refractivity contribution in [3.05, 3.63) is 62.6 Å². The predicted octanol–water partition coefficient (Wildman–Crippen LogP) is 3.33. The van der Waals surface area contributed by atoms with E-state index in [9.17, 15) is 18.0 Å². The standard InChI is InChI=1S/C17H15Cl3N2O5S/c1-9(10-2-4-14(19)15(20)6-10)22-16(23)8-27-17(24)12-7-11(28(21,25)26)3-5-13(12)18/h2-7,9H,8H2,1H3,(H,22,23)(H2,21,25,26). The Morgan fingerprint density at radius 3 is 2.32 bits per heavy atom. The Morgan fingerprint density at radius 1 is 1.07 bits per heavy atom. The molecule has 150 valence electrons. The zero-order valence-electron chi connectivity index (χ0n) is 14.4. The largest absolute Gasteiger partial charge is 0.452 e. The molecule has 0 aliphatic heterocycles. The minimum Gasteiger partial charge on any atom is -0.452 e. The first-order chi connectivity index (χ1) is 13.0. The summed E-state index contributed by atoms with van der Waals surface area (Å²) in [6.07, 6.45) is 0. The number of sulfonamides is 1. The summed E-state index contributed by atoms with van der Waals surface area (Å²) >= 11 is 17.7. The summed E-state index contributed by atoms with van der Waals surface area (Å²) in [4.78, 5) is 23.9. The second kappa shape index (κ2) is 9.11. The van der Waals surface area contributed by atoms with Gasteiger partial charge in [0.05, 0.1) is 31.6 Å². The van der Waals surface area contributed by atoms with Crippen LogP contribution in [-0.4, -0.2) is 26.9 Å². The third-order valence-corrected chi connectivity index (χ3v) is 5.62. The van der Waals surface area contributed by atoms with Gasteiger partial charge in [-0.1, -0.05) is 40.9 Å². The van der Waals surface area contributed by atoms with Gasteiger partial charge in [-0.3, -0.25) is 4.79 Å². The van der Waals surface area contributed by atoms with Crippen LogP contribution in [0.15, 0.2) is 41.3 Å². The Labute approximate surface area is 176 Å². The molecule has 0 aliphatic rings. The van der Waals surface area contributed by atoms with Gasteiger partial charge in [0, 0.05) is 0 Å². The van der Waals surface area contributed by atoms with Crippen LogP contribution in [0.3, 0.4) is 0 Å². The number of halogens is 3. The number of hydrogen-bond donors (Lipinski definition) is 2. The van der Waals surface area contributed by atoms with Crippen LogP contribution in [0.1, 0.15) is 28.9 Å². The molecule has 2 rings (SSSR count). The molecule has 0 radical (unpaired) electrons. The molecule has 7 nitrogen and oxygen atoms in total. The van der Waals surface area contributed by atoms with E-state index in [0.29, 0.717) is 15.6 Å².